The number of likely N-dealkylation sites (N-methyl/N-ethyl adjacent to an activating group) is 1. The molecular formula is C13H16N2O. The summed E-state index contributed by atoms with van der Waals surface area (Å²) in [5, 5.41) is 0. The Labute approximate surface area is 96.5 Å². The molecule has 0 unspecified atom stereocenters. The van der Waals surface area contributed by atoms with Gasteiger partial charge in [-0.25, -0.2) is 0 Å². The average molecular weight is 216 g/mol. The third-order valence-corrected chi connectivity index (χ3v) is 2.45. The number of carbonyl (C=O) groups excluding carboxylic acids is 1. The van der Waals surface area contributed by atoms with Crippen molar-refractivity contribution in [1.82, 2.24) is 9.88 Å². The Morgan fingerprint density at radius 3 is 2.94 bits per heavy atom. The highest BCUT2D eigenvalue weighted by molar-refractivity contribution is 5.78. The largest absolute Gasteiger partial charge is 0.332 e. The molecule has 3 nitrogen and oxygen atoms in total. The van der Waals surface area contributed by atoms with Gasteiger partial charge in [-0.15, -0.1) is 6.42 Å². The summed E-state index contributed by atoms with van der Waals surface area (Å²) in [5.41, 5.74) is 1.86. The highest BCUT2D eigenvalue weighted by atomic mass is 16.2. The van der Waals surface area contributed by atoms with Gasteiger partial charge in [0.15, 0.2) is 0 Å². The highest BCUT2D eigenvalue weighted by Crippen LogP contribution is 2.05. The van der Waals surface area contributed by atoms with Gasteiger partial charge >= 0.3 is 0 Å². The van der Waals surface area contributed by atoms with Gasteiger partial charge in [0.2, 0.25) is 5.91 Å². The standard InChI is InChI=1S/C13H16N2O/c1-4-9-15(5-2)13(16)10-12-11(3)7-6-8-14-12/h1,6-8H,5,9-10H2,2-3H3. The minimum Gasteiger partial charge on any atom is -0.332 e. The summed E-state index contributed by atoms with van der Waals surface area (Å²) in [6.45, 7) is 4.86. The zero-order valence-corrected chi connectivity index (χ0v) is 9.73. The van der Waals surface area contributed by atoms with E-state index < -0.39 is 0 Å². The molecule has 0 aliphatic carbocycles. The van der Waals surface area contributed by atoms with Gasteiger partial charge in [-0.2, -0.15) is 0 Å². The van der Waals surface area contributed by atoms with Crippen LogP contribution in [0.15, 0.2) is 18.3 Å². The lowest BCUT2D eigenvalue weighted by Gasteiger charge is -2.18. The van der Waals surface area contributed by atoms with Gasteiger partial charge in [-0.3, -0.25) is 9.78 Å². The Kier molecular flexibility index (Phi) is 4.53. The minimum atomic E-state index is 0.0299. The van der Waals surface area contributed by atoms with Crippen molar-refractivity contribution in [1.29, 1.82) is 0 Å². The topological polar surface area (TPSA) is 33.2 Å². The van der Waals surface area contributed by atoms with Crippen LogP contribution in [0.4, 0.5) is 0 Å². The van der Waals surface area contributed by atoms with Crippen LogP contribution in [-0.2, 0) is 11.2 Å². The predicted octanol–water partition coefficient (Wildman–Crippen LogP) is 1.41. The van der Waals surface area contributed by atoms with Crippen molar-refractivity contribution >= 4 is 5.91 Å². The van der Waals surface area contributed by atoms with Crippen LogP contribution in [0.25, 0.3) is 0 Å². The summed E-state index contributed by atoms with van der Waals surface area (Å²) in [7, 11) is 0. The molecule has 0 radical (unpaired) electrons. The Balaban J connectivity index is 2.71. The second kappa shape index (κ2) is 5.92. The highest BCUT2D eigenvalue weighted by Gasteiger charge is 2.12. The molecular weight excluding hydrogens is 200 g/mol. The van der Waals surface area contributed by atoms with Crippen LogP contribution in [0.3, 0.4) is 0 Å². The first kappa shape index (κ1) is 12.3. The normalized spacial score (nSPS) is 9.56. The van der Waals surface area contributed by atoms with Crippen LogP contribution >= 0.6 is 0 Å². The molecule has 0 bridgehead atoms. The molecule has 0 fully saturated rings. The van der Waals surface area contributed by atoms with Crippen LogP contribution in [0.2, 0.25) is 0 Å². The van der Waals surface area contributed by atoms with Crippen LogP contribution in [-0.4, -0.2) is 28.9 Å². The fraction of sp³-hybridized carbons (Fsp3) is 0.385. The van der Waals surface area contributed by atoms with Gasteiger partial charge in [0.25, 0.3) is 0 Å². The van der Waals surface area contributed by atoms with E-state index in [1.165, 1.54) is 0 Å². The number of aryl methyl sites for hydroxylation is 1. The SMILES string of the molecule is C#CCN(CC)C(=O)Cc1ncccc1C. The number of pyridine rings is 1. The quantitative estimate of drug-likeness (QED) is 0.713. The van der Waals surface area contributed by atoms with Crippen molar-refractivity contribution in [3.05, 3.63) is 29.6 Å². The maximum absolute atomic E-state index is 11.9. The molecule has 1 amide bonds. The van der Waals surface area contributed by atoms with E-state index in [1.807, 2.05) is 26.0 Å². The maximum Gasteiger partial charge on any atom is 0.229 e. The van der Waals surface area contributed by atoms with Crippen LogP contribution in [0.1, 0.15) is 18.2 Å². The summed E-state index contributed by atoms with van der Waals surface area (Å²) < 4.78 is 0. The molecule has 84 valence electrons. The Hall–Kier alpha value is -1.82. The molecule has 0 atom stereocenters. The van der Waals surface area contributed by atoms with Crippen LogP contribution in [0, 0.1) is 19.3 Å². The summed E-state index contributed by atoms with van der Waals surface area (Å²) in [5.74, 6) is 2.51. The molecule has 1 rings (SSSR count). The molecule has 0 saturated carbocycles. The van der Waals surface area contributed by atoms with Crippen molar-refractivity contribution in [2.24, 2.45) is 0 Å². The molecule has 0 aliphatic rings. The van der Waals surface area contributed by atoms with Crippen molar-refractivity contribution in [3.8, 4) is 12.3 Å². The van der Waals surface area contributed by atoms with Gasteiger partial charge in [0.1, 0.15) is 0 Å². The van der Waals surface area contributed by atoms with Gasteiger partial charge in [0.05, 0.1) is 18.7 Å². The molecule has 16 heavy (non-hydrogen) atoms. The molecule has 0 spiro atoms. The monoisotopic (exact) mass is 216 g/mol. The molecule has 1 aromatic heterocycles. The fourth-order valence-electron chi connectivity index (χ4n) is 1.45. The van der Waals surface area contributed by atoms with E-state index in [4.69, 9.17) is 6.42 Å². The van der Waals surface area contributed by atoms with Gasteiger partial charge in [-0.05, 0) is 25.5 Å². The third kappa shape index (κ3) is 3.09. The number of aromatic nitrogens is 1. The third-order valence-electron chi connectivity index (χ3n) is 2.45. The minimum absolute atomic E-state index is 0.0299. The summed E-state index contributed by atoms with van der Waals surface area (Å²) in [6.07, 6.45) is 7.23. The zero-order valence-electron chi connectivity index (χ0n) is 9.73. The maximum atomic E-state index is 11.9. The lowest BCUT2D eigenvalue weighted by molar-refractivity contribution is -0.129. The van der Waals surface area contributed by atoms with Crippen molar-refractivity contribution < 1.29 is 4.79 Å². The fourth-order valence-corrected chi connectivity index (χ4v) is 1.45. The number of carbonyl (C=O) groups is 1. The van der Waals surface area contributed by atoms with E-state index in [0.29, 0.717) is 19.5 Å². The summed E-state index contributed by atoms with van der Waals surface area (Å²) in [6, 6.07) is 3.81. The van der Waals surface area contributed by atoms with Crippen LogP contribution < -0.4 is 0 Å². The number of amides is 1. The number of nitrogens with zero attached hydrogens (tertiary/aromatic N) is 2. The lowest BCUT2D eigenvalue weighted by atomic mass is 10.1. The van der Waals surface area contributed by atoms with E-state index in [0.717, 1.165) is 11.3 Å². The molecule has 0 N–H and O–H groups in total. The Morgan fingerprint density at radius 2 is 2.38 bits per heavy atom. The molecule has 1 heterocycles. The lowest BCUT2D eigenvalue weighted by Crippen LogP contribution is -2.32. The van der Waals surface area contributed by atoms with E-state index in [1.54, 1.807) is 11.1 Å². The number of terminal acetylenes is 1. The second-order valence-corrected chi connectivity index (χ2v) is 3.56. The van der Waals surface area contributed by atoms with Crippen molar-refractivity contribution in [2.75, 3.05) is 13.1 Å². The molecule has 3 heteroatoms. The molecule has 0 aliphatic heterocycles. The van der Waals surface area contributed by atoms with E-state index in [-0.39, 0.29) is 5.91 Å². The number of hydrogen-bond donors (Lipinski definition) is 0. The first-order valence-electron chi connectivity index (χ1n) is 5.30. The van der Waals surface area contributed by atoms with Crippen LogP contribution in [0.5, 0.6) is 0 Å². The molecule has 1 aromatic rings. The molecule has 0 aromatic carbocycles. The average Bonchev–Trinajstić information content (AvgIpc) is 2.29. The molecule has 0 saturated heterocycles. The van der Waals surface area contributed by atoms with E-state index in [9.17, 15) is 4.79 Å². The number of rotatable bonds is 4. The van der Waals surface area contributed by atoms with Gasteiger partial charge in [-0.1, -0.05) is 12.0 Å². The van der Waals surface area contributed by atoms with Crippen molar-refractivity contribution in [2.45, 2.75) is 20.3 Å². The second-order valence-electron chi connectivity index (χ2n) is 3.56. The van der Waals surface area contributed by atoms with E-state index in [2.05, 4.69) is 10.9 Å². The van der Waals surface area contributed by atoms with E-state index >= 15 is 0 Å². The number of hydrogen-bond acceptors (Lipinski definition) is 2. The van der Waals surface area contributed by atoms with Gasteiger partial charge < -0.3 is 4.90 Å². The van der Waals surface area contributed by atoms with Crippen molar-refractivity contribution in [3.63, 3.8) is 0 Å². The Morgan fingerprint density at radius 1 is 1.62 bits per heavy atom. The zero-order chi connectivity index (χ0) is 12.0. The summed E-state index contributed by atoms with van der Waals surface area (Å²) in [4.78, 5) is 17.7. The first-order valence-corrected chi connectivity index (χ1v) is 5.30. The Bertz CT molecular complexity index is 407. The smallest absolute Gasteiger partial charge is 0.229 e. The van der Waals surface area contributed by atoms with Gasteiger partial charge in [0, 0.05) is 12.7 Å². The summed E-state index contributed by atoms with van der Waals surface area (Å²) >= 11 is 0. The first-order chi connectivity index (χ1) is 7.69. The predicted molar refractivity (Wildman–Crippen MR) is 63.8 cm³/mol.